The minimum atomic E-state index is -4.92. The number of halogens is 8. The van der Waals surface area contributed by atoms with E-state index >= 15 is 0 Å². The standard InChI is InChI=1S/C10H7F5N2O3.C4H9F3Si/c11-6-1-5(17(19)20)2-7(12)8(6)16-3-9(18,4-16)10(13,14)15;1-8(2,3)4(5,6)7/h1-2,18H,3-4H2;1-3H3. The maximum Gasteiger partial charge on any atom is 0.420 e. The summed E-state index contributed by atoms with van der Waals surface area (Å²) in [5.74, 6) is -6.64. The van der Waals surface area contributed by atoms with Crippen molar-refractivity contribution in [3.8, 4) is 0 Å². The Morgan fingerprint density at radius 1 is 1.07 bits per heavy atom. The first-order chi connectivity index (χ1) is 12.3. The van der Waals surface area contributed by atoms with Gasteiger partial charge in [0.1, 0.15) is 5.69 Å². The summed E-state index contributed by atoms with van der Waals surface area (Å²) < 4.78 is 99.1. The van der Waals surface area contributed by atoms with E-state index in [4.69, 9.17) is 0 Å². The summed E-state index contributed by atoms with van der Waals surface area (Å²) in [4.78, 5) is 9.97. The number of anilines is 1. The van der Waals surface area contributed by atoms with Crippen LogP contribution < -0.4 is 4.90 Å². The molecule has 1 heterocycles. The van der Waals surface area contributed by atoms with Gasteiger partial charge >= 0.3 is 12.0 Å². The smallest absolute Gasteiger partial charge is 0.378 e. The number of hydrogen-bond acceptors (Lipinski definition) is 4. The Labute approximate surface area is 154 Å². The van der Waals surface area contributed by atoms with Gasteiger partial charge in [-0.2, -0.15) is 26.3 Å². The van der Waals surface area contributed by atoms with E-state index < -0.39 is 66.7 Å². The number of β-amino-alcohol motifs (C(OH)–C–C–N with tert-alkyl or cyclic N) is 1. The lowest BCUT2D eigenvalue weighted by Crippen LogP contribution is -2.69. The average molecular weight is 440 g/mol. The highest BCUT2D eigenvalue weighted by atomic mass is 28.3. The van der Waals surface area contributed by atoms with E-state index in [1.54, 1.807) is 0 Å². The Hall–Kier alpha value is -1.96. The molecule has 0 saturated carbocycles. The molecule has 1 saturated heterocycles. The number of hydrogen-bond donors (Lipinski definition) is 1. The minimum Gasteiger partial charge on any atom is -0.378 e. The third kappa shape index (κ3) is 5.10. The zero-order valence-electron chi connectivity index (χ0n) is 14.8. The van der Waals surface area contributed by atoms with Gasteiger partial charge in [0, 0.05) is 0 Å². The fourth-order valence-corrected chi connectivity index (χ4v) is 1.88. The molecule has 2 rings (SSSR count). The number of nitrogens with zero attached hydrogens (tertiary/aromatic N) is 2. The molecule has 0 spiro atoms. The molecule has 160 valence electrons. The number of alkyl halides is 6. The van der Waals surface area contributed by atoms with E-state index in [1.807, 2.05) is 0 Å². The summed E-state index contributed by atoms with van der Waals surface area (Å²) in [5.41, 5.74) is -4.71. The first-order valence-corrected chi connectivity index (χ1v) is 11.0. The Balaban J connectivity index is 0.000000416. The second-order valence-electron chi connectivity index (χ2n) is 7.15. The van der Waals surface area contributed by atoms with Crippen LogP contribution in [-0.2, 0) is 0 Å². The molecule has 0 unspecified atom stereocenters. The van der Waals surface area contributed by atoms with Crippen molar-refractivity contribution in [2.24, 2.45) is 0 Å². The van der Waals surface area contributed by atoms with E-state index in [9.17, 15) is 50.3 Å². The maximum atomic E-state index is 13.5. The lowest BCUT2D eigenvalue weighted by molar-refractivity contribution is -0.385. The van der Waals surface area contributed by atoms with Gasteiger partial charge in [-0.15, -0.1) is 0 Å². The highest BCUT2D eigenvalue weighted by Crippen LogP contribution is 2.41. The SMILES string of the molecule is C[Si](C)(C)C(F)(F)F.O=[N+]([O-])c1cc(F)c(N2CC(O)(C(F)(F)F)C2)c(F)c1. The monoisotopic (exact) mass is 440 g/mol. The lowest BCUT2D eigenvalue weighted by Gasteiger charge is -2.48. The van der Waals surface area contributed by atoms with Crippen molar-refractivity contribution in [3.05, 3.63) is 33.9 Å². The van der Waals surface area contributed by atoms with Gasteiger partial charge < -0.3 is 10.0 Å². The van der Waals surface area contributed by atoms with E-state index in [-0.39, 0.29) is 0 Å². The number of benzene rings is 1. The van der Waals surface area contributed by atoms with E-state index in [2.05, 4.69) is 0 Å². The van der Waals surface area contributed by atoms with Crippen molar-refractivity contribution < 1.29 is 45.2 Å². The molecule has 0 amide bonds. The molecule has 1 aliphatic heterocycles. The van der Waals surface area contributed by atoms with Gasteiger partial charge in [0.05, 0.1) is 30.1 Å². The molecular weight excluding hydrogens is 424 g/mol. The predicted molar refractivity (Wildman–Crippen MR) is 85.6 cm³/mol. The molecule has 1 N–H and O–H groups in total. The zero-order valence-corrected chi connectivity index (χ0v) is 15.8. The summed E-state index contributed by atoms with van der Waals surface area (Å²) in [6.45, 7) is 1.78. The largest absolute Gasteiger partial charge is 0.420 e. The molecule has 1 aliphatic rings. The summed E-state index contributed by atoms with van der Waals surface area (Å²) >= 11 is 0. The molecule has 0 aliphatic carbocycles. The van der Waals surface area contributed by atoms with Gasteiger partial charge in [-0.25, -0.2) is 8.78 Å². The maximum absolute atomic E-state index is 13.5. The summed E-state index contributed by atoms with van der Waals surface area (Å²) in [6.07, 6.45) is -4.92. The van der Waals surface area contributed by atoms with Gasteiger partial charge in [0.25, 0.3) is 5.69 Å². The van der Waals surface area contributed by atoms with Crippen LogP contribution >= 0.6 is 0 Å². The van der Waals surface area contributed by atoms with Gasteiger partial charge in [0.2, 0.25) is 0 Å². The Kier molecular flexibility index (Phi) is 6.41. The van der Waals surface area contributed by atoms with Crippen LogP contribution in [0.3, 0.4) is 0 Å². The first-order valence-electron chi connectivity index (χ1n) is 7.54. The van der Waals surface area contributed by atoms with Crippen molar-refractivity contribution >= 4 is 19.4 Å². The molecule has 1 aromatic carbocycles. The summed E-state index contributed by atoms with van der Waals surface area (Å²) in [5, 5.41) is 19.6. The number of nitro groups is 1. The molecule has 0 bridgehead atoms. The number of nitro benzene ring substituents is 1. The number of non-ortho nitro benzene ring substituents is 1. The van der Waals surface area contributed by atoms with Crippen molar-refractivity contribution in [2.45, 2.75) is 37.2 Å². The number of rotatable bonds is 2. The summed E-state index contributed by atoms with van der Waals surface area (Å²) in [7, 11) is -2.86. The molecular formula is C14H16F8N2O3Si. The van der Waals surface area contributed by atoms with Crippen molar-refractivity contribution in [1.29, 1.82) is 0 Å². The third-order valence-electron chi connectivity index (χ3n) is 3.81. The predicted octanol–water partition coefficient (Wildman–Crippen LogP) is 4.41. The van der Waals surface area contributed by atoms with Crippen molar-refractivity contribution in [2.75, 3.05) is 18.0 Å². The molecule has 1 fully saturated rings. The van der Waals surface area contributed by atoms with Crippen LogP contribution in [0.5, 0.6) is 0 Å². The fraction of sp³-hybridized carbons (Fsp3) is 0.571. The van der Waals surface area contributed by atoms with Crippen LogP contribution in [0.2, 0.25) is 19.6 Å². The van der Waals surface area contributed by atoms with Gasteiger partial charge in [-0.1, -0.05) is 19.6 Å². The molecule has 0 aromatic heterocycles. The lowest BCUT2D eigenvalue weighted by atomic mass is 9.92. The topological polar surface area (TPSA) is 66.6 Å². The fourth-order valence-electron chi connectivity index (χ4n) is 1.88. The quantitative estimate of drug-likeness (QED) is 0.320. The summed E-state index contributed by atoms with van der Waals surface area (Å²) in [6, 6.07) is 0.812. The number of aliphatic hydroxyl groups is 1. The second kappa shape index (κ2) is 7.46. The van der Waals surface area contributed by atoms with Crippen LogP contribution in [0.1, 0.15) is 0 Å². The van der Waals surface area contributed by atoms with E-state index in [0.717, 1.165) is 0 Å². The van der Waals surface area contributed by atoms with Gasteiger partial charge in [-0.3, -0.25) is 10.1 Å². The van der Waals surface area contributed by atoms with Gasteiger partial charge in [-0.05, 0) is 0 Å². The van der Waals surface area contributed by atoms with Crippen LogP contribution in [0.15, 0.2) is 12.1 Å². The van der Waals surface area contributed by atoms with Crippen LogP contribution in [0.4, 0.5) is 46.5 Å². The van der Waals surface area contributed by atoms with E-state index in [1.165, 1.54) is 19.6 Å². The van der Waals surface area contributed by atoms with Crippen molar-refractivity contribution in [1.82, 2.24) is 0 Å². The van der Waals surface area contributed by atoms with Crippen LogP contribution in [0.25, 0.3) is 0 Å². The molecule has 28 heavy (non-hydrogen) atoms. The van der Waals surface area contributed by atoms with Crippen LogP contribution in [0, 0.1) is 21.7 Å². The van der Waals surface area contributed by atoms with E-state index in [0.29, 0.717) is 17.0 Å². The zero-order chi connectivity index (χ0) is 22.3. The normalized spacial score (nSPS) is 16.8. The molecule has 0 radical (unpaired) electrons. The van der Waals surface area contributed by atoms with Gasteiger partial charge in [0.15, 0.2) is 25.3 Å². The molecule has 5 nitrogen and oxygen atoms in total. The van der Waals surface area contributed by atoms with Crippen LogP contribution in [-0.4, -0.2) is 48.8 Å². The van der Waals surface area contributed by atoms with Crippen molar-refractivity contribution in [3.63, 3.8) is 0 Å². The Morgan fingerprint density at radius 2 is 1.43 bits per heavy atom. The second-order valence-corrected chi connectivity index (χ2v) is 12.2. The Morgan fingerprint density at radius 3 is 1.68 bits per heavy atom. The minimum absolute atomic E-state index is 0.406. The molecule has 0 atom stereocenters. The molecule has 14 heteroatoms. The highest BCUT2D eigenvalue weighted by molar-refractivity contribution is 6.77. The average Bonchev–Trinajstić information content (AvgIpc) is 2.41. The first kappa shape index (κ1) is 24.1. The highest BCUT2D eigenvalue weighted by Gasteiger charge is 2.61. The third-order valence-corrected chi connectivity index (χ3v) is 5.51. The molecule has 1 aromatic rings. The Bertz CT molecular complexity index is 705.